The number of thioether (sulfide) groups is 1. The molecule has 5 heteroatoms. The van der Waals surface area contributed by atoms with Crippen molar-refractivity contribution in [3.8, 4) is 5.75 Å². The fraction of sp³-hybridized carbons (Fsp3) is 0.462. The number of imidazole rings is 1. The molecule has 1 aromatic heterocycles. The van der Waals surface area contributed by atoms with Crippen molar-refractivity contribution in [3.63, 3.8) is 0 Å². The van der Waals surface area contributed by atoms with Gasteiger partial charge in [-0.3, -0.25) is 0 Å². The first-order valence-corrected chi connectivity index (χ1v) is 7.81. The van der Waals surface area contributed by atoms with E-state index in [9.17, 15) is 0 Å². The predicted molar refractivity (Wildman–Crippen MR) is 79.1 cm³/mol. The maximum Gasteiger partial charge on any atom is 0.121 e. The van der Waals surface area contributed by atoms with E-state index < -0.39 is 0 Å². The molecule has 0 spiro atoms. The minimum Gasteiger partial charge on any atom is -0.497 e. The third-order valence-corrected chi connectivity index (χ3v) is 3.65. The fourth-order valence-electron chi connectivity index (χ4n) is 1.99. The molecule has 98 valence electrons. The van der Waals surface area contributed by atoms with Crippen LogP contribution in [0.3, 0.4) is 0 Å². The van der Waals surface area contributed by atoms with Crippen molar-refractivity contribution in [3.05, 3.63) is 24.0 Å². The Kier molecular flexibility index (Phi) is 4.78. The van der Waals surface area contributed by atoms with Gasteiger partial charge in [-0.1, -0.05) is 0 Å². The first-order chi connectivity index (χ1) is 8.80. The molecule has 1 heterocycles. The van der Waals surface area contributed by atoms with Crippen LogP contribution in [0.4, 0.5) is 0 Å². The molecule has 0 saturated heterocycles. The number of alkyl halides is 1. The minimum atomic E-state index is 0.597. The van der Waals surface area contributed by atoms with Crippen molar-refractivity contribution >= 4 is 34.4 Å². The molecule has 0 atom stereocenters. The summed E-state index contributed by atoms with van der Waals surface area (Å²) in [6, 6.07) is 6.02. The Bertz CT molecular complexity index is 527. The second-order valence-electron chi connectivity index (χ2n) is 3.97. The number of hydrogen-bond donors (Lipinski definition) is 0. The normalized spacial score (nSPS) is 11.1. The van der Waals surface area contributed by atoms with Gasteiger partial charge in [0.1, 0.15) is 11.6 Å². The van der Waals surface area contributed by atoms with Crippen LogP contribution in [-0.2, 0) is 13.0 Å². The number of aromatic nitrogens is 2. The fourth-order valence-corrected chi connectivity index (χ4v) is 2.53. The van der Waals surface area contributed by atoms with Crippen LogP contribution in [0.2, 0.25) is 0 Å². The maximum atomic E-state index is 5.84. The van der Waals surface area contributed by atoms with Crippen molar-refractivity contribution < 1.29 is 4.74 Å². The molecule has 2 rings (SSSR count). The van der Waals surface area contributed by atoms with Crippen LogP contribution in [-0.4, -0.2) is 34.5 Å². The second kappa shape index (κ2) is 6.34. The minimum absolute atomic E-state index is 0.597. The lowest BCUT2D eigenvalue weighted by Crippen LogP contribution is -2.06. The molecular formula is C13H17ClN2OS. The maximum absolute atomic E-state index is 5.84. The second-order valence-corrected chi connectivity index (χ2v) is 5.33. The van der Waals surface area contributed by atoms with E-state index in [0.29, 0.717) is 5.88 Å². The van der Waals surface area contributed by atoms with Crippen molar-refractivity contribution in [1.82, 2.24) is 9.55 Å². The molecule has 0 bridgehead atoms. The number of hydrogen-bond acceptors (Lipinski definition) is 3. The van der Waals surface area contributed by atoms with Gasteiger partial charge in [0.25, 0.3) is 0 Å². The molecule has 0 aliphatic rings. The molecule has 0 aliphatic heterocycles. The predicted octanol–water partition coefficient (Wildman–Crippen LogP) is 3.19. The summed E-state index contributed by atoms with van der Waals surface area (Å²) in [5.74, 6) is 3.57. The number of ether oxygens (including phenoxy) is 1. The SMILES string of the molecule is COc1ccc2c(c1)nc(CCCl)n2CCSC. The summed E-state index contributed by atoms with van der Waals surface area (Å²) in [6.07, 6.45) is 2.91. The summed E-state index contributed by atoms with van der Waals surface area (Å²) in [5, 5.41) is 0. The quantitative estimate of drug-likeness (QED) is 0.762. The van der Waals surface area contributed by atoms with Crippen LogP contribution in [0.1, 0.15) is 5.82 Å². The van der Waals surface area contributed by atoms with Gasteiger partial charge in [-0.2, -0.15) is 11.8 Å². The number of methoxy groups -OCH3 is 1. The number of benzene rings is 1. The van der Waals surface area contributed by atoms with Crippen LogP contribution < -0.4 is 4.74 Å². The van der Waals surface area contributed by atoms with Crippen LogP contribution in [0.15, 0.2) is 18.2 Å². The standard InChI is InChI=1S/C13H17ClN2OS/c1-17-10-3-4-12-11(9-10)15-13(5-6-14)16(12)7-8-18-2/h3-4,9H,5-8H2,1-2H3. The molecule has 2 aromatic rings. The highest BCUT2D eigenvalue weighted by molar-refractivity contribution is 7.98. The number of halogens is 1. The van der Waals surface area contributed by atoms with Crippen molar-refractivity contribution in [2.24, 2.45) is 0 Å². The highest BCUT2D eigenvalue weighted by atomic mass is 35.5. The molecule has 0 amide bonds. The van der Waals surface area contributed by atoms with Crippen molar-refractivity contribution in [1.29, 1.82) is 0 Å². The van der Waals surface area contributed by atoms with Gasteiger partial charge in [0.2, 0.25) is 0 Å². The highest BCUT2D eigenvalue weighted by Gasteiger charge is 2.10. The zero-order chi connectivity index (χ0) is 13.0. The van der Waals surface area contributed by atoms with E-state index in [2.05, 4.69) is 21.9 Å². The van der Waals surface area contributed by atoms with Gasteiger partial charge < -0.3 is 9.30 Å². The Balaban J connectivity index is 2.45. The average molecular weight is 285 g/mol. The zero-order valence-corrected chi connectivity index (χ0v) is 12.2. The summed E-state index contributed by atoms with van der Waals surface area (Å²) >= 11 is 7.68. The van der Waals surface area contributed by atoms with E-state index in [4.69, 9.17) is 16.3 Å². The highest BCUT2D eigenvalue weighted by Crippen LogP contribution is 2.22. The first kappa shape index (κ1) is 13.6. The van der Waals surface area contributed by atoms with Gasteiger partial charge in [-0.15, -0.1) is 11.6 Å². The molecular weight excluding hydrogens is 268 g/mol. The summed E-state index contributed by atoms with van der Waals surface area (Å²) in [4.78, 5) is 4.65. The van der Waals surface area contributed by atoms with Crippen molar-refractivity contribution in [2.45, 2.75) is 13.0 Å². The molecule has 0 N–H and O–H groups in total. The Morgan fingerprint density at radius 3 is 2.94 bits per heavy atom. The lowest BCUT2D eigenvalue weighted by Gasteiger charge is -2.07. The third-order valence-electron chi connectivity index (χ3n) is 2.87. The lowest BCUT2D eigenvalue weighted by atomic mass is 10.3. The first-order valence-electron chi connectivity index (χ1n) is 5.88. The van der Waals surface area contributed by atoms with E-state index in [1.807, 2.05) is 23.9 Å². The summed E-state index contributed by atoms with van der Waals surface area (Å²) in [6.45, 7) is 0.968. The number of fused-ring (bicyclic) bond motifs is 1. The topological polar surface area (TPSA) is 27.1 Å². The summed E-state index contributed by atoms with van der Waals surface area (Å²) in [5.41, 5.74) is 2.14. The van der Waals surface area contributed by atoms with Crippen LogP contribution in [0, 0.1) is 0 Å². The van der Waals surface area contributed by atoms with Crippen LogP contribution in [0.5, 0.6) is 5.75 Å². The lowest BCUT2D eigenvalue weighted by molar-refractivity contribution is 0.415. The van der Waals surface area contributed by atoms with E-state index in [1.54, 1.807) is 7.11 Å². The third kappa shape index (κ3) is 2.75. The molecule has 3 nitrogen and oxygen atoms in total. The number of nitrogens with zero attached hydrogens (tertiary/aromatic N) is 2. The van der Waals surface area contributed by atoms with Crippen LogP contribution >= 0.6 is 23.4 Å². The van der Waals surface area contributed by atoms with Gasteiger partial charge in [0.15, 0.2) is 0 Å². The molecule has 0 aliphatic carbocycles. The van der Waals surface area contributed by atoms with Gasteiger partial charge in [0.05, 0.1) is 18.1 Å². The molecule has 0 unspecified atom stereocenters. The van der Waals surface area contributed by atoms with Gasteiger partial charge in [-0.05, 0) is 18.4 Å². The van der Waals surface area contributed by atoms with Crippen LogP contribution in [0.25, 0.3) is 11.0 Å². The molecule has 0 radical (unpaired) electrons. The van der Waals surface area contributed by atoms with E-state index in [-0.39, 0.29) is 0 Å². The smallest absolute Gasteiger partial charge is 0.121 e. The largest absolute Gasteiger partial charge is 0.497 e. The number of aryl methyl sites for hydroxylation is 2. The molecule has 18 heavy (non-hydrogen) atoms. The monoisotopic (exact) mass is 284 g/mol. The van der Waals surface area contributed by atoms with Gasteiger partial charge in [0, 0.05) is 30.7 Å². The van der Waals surface area contributed by atoms with Gasteiger partial charge >= 0.3 is 0 Å². The van der Waals surface area contributed by atoms with E-state index >= 15 is 0 Å². The number of rotatable bonds is 6. The van der Waals surface area contributed by atoms with Crippen molar-refractivity contribution in [2.75, 3.05) is 25.0 Å². The molecule has 0 saturated carbocycles. The summed E-state index contributed by atoms with van der Waals surface area (Å²) < 4.78 is 7.49. The van der Waals surface area contributed by atoms with E-state index in [0.717, 1.165) is 41.3 Å². The average Bonchev–Trinajstić information content (AvgIpc) is 2.73. The molecule has 1 aromatic carbocycles. The van der Waals surface area contributed by atoms with Gasteiger partial charge in [-0.25, -0.2) is 4.98 Å². The summed E-state index contributed by atoms with van der Waals surface area (Å²) in [7, 11) is 1.67. The Hall–Kier alpha value is -0.870. The zero-order valence-electron chi connectivity index (χ0n) is 10.6. The molecule has 0 fully saturated rings. The Morgan fingerprint density at radius 1 is 1.44 bits per heavy atom. The van der Waals surface area contributed by atoms with E-state index in [1.165, 1.54) is 0 Å². The Labute approximate surface area is 116 Å². The Morgan fingerprint density at radius 2 is 2.28 bits per heavy atom.